The van der Waals surface area contributed by atoms with Crippen LogP contribution >= 0.6 is 11.6 Å². The Bertz CT molecular complexity index is 1360. The van der Waals surface area contributed by atoms with Gasteiger partial charge < -0.3 is 19.9 Å². The van der Waals surface area contributed by atoms with Crippen LogP contribution in [0.25, 0.3) is 0 Å². The molecule has 2 saturated carbocycles. The number of aliphatic hydroxyl groups excluding tert-OH is 1. The number of nitrogens with zero attached hydrogens (tertiary/aromatic N) is 3. The molecule has 35 heavy (non-hydrogen) atoms. The number of nitrogens with one attached hydrogen (secondary N) is 1. The number of carbonyl (C=O) groups is 2. The fourth-order valence-corrected chi connectivity index (χ4v) is 7.50. The Morgan fingerprint density at radius 1 is 1.09 bits per heavy atom. The summed E-state index contributed by atoms with van der Waals surface area (Å²) in [6.07, 6.45) is 3.32. The van der Waals surface area contributed by atoms with E-state index in [1.54, 1.807) is 12.1 Å². The molecule has 0 bridgehead atoms. The van der Waals surface area contributed by atoms with Crippen LogP contribution in [0.2, 0.25) is 5.15 Å². The van der Waals surface area contributed by atoms with Crippen molar-refractivity contribution < 1.29 is 23.1 Å². The van der Waals surface area contributed by atoms with Gasteiger partial charge in [0.1, 0.15) is 16.4 Å². The molecular formula is C23H25ClN4O6S. The second kappa shape index (κ2) is 8.42. The summed E-state index contributed by atoms with van der Waals surface area (Å²) in [5, 5.41) is 12.6. The first-order valence-electron chi connectivity index (χ1n) is 11.4. The molecule has 0 saturated heterocycles. The number of carbonyl (C=O) groups excluding carboxylic acids is 2. The summed E-state index contributed by atoms with van der Waals surface area (Å²) in [5.74, 6) is -1.01. The third-order valence-corrected chi connectivity index (χ3v) is 10.9. The van der Waals surface area contributed by atoms with Gasteiger partial charge in [-0.3, -0.25) is 14.4 Å². The van der Waals surface area contributed by atoms with E-state index >= 15 is 0 Å². The van der Waals surface area contributed by atoms with Crippen LogP contribution in [0, 0.1) is 0 Å². The van der Waals surface area contributed by atoms with E-state index in [-0.39, 0.29) is 37.4 Å². The molecule has 2 N–H and O–H groups in total. The highest BCUT2D eigenvalue weighted by atomic mass is 35.5. The minimum absolute atomic E-state index is 0.0431. The lowest BCUT2D eigenvalue weighted by Gasteiger charge is -2.33. The molecule has 0 aromatic carbocycles. The van der Waals surface area contributed by atoms with Crippen LogP contribution in [0.5, 0.6) is 0 Å². The van der Waals surface area contributed by atoms with Crippen molar-refractivity contribution in [1.82, 2.24) is 19.8 Å². The molecule has 0 spiro atoms. The average Bonchev–Trinajstić information content (AvgIpc) is 3.76. The van der Waals surface area contributed by atoms with Gasteiger partial charge in [-0.1, -0.05) is 17.7 Å². The third kappa shape index (κ3) is 3.95. The van der Waals surface area contributed by atoms with Gasteiger partial charge in [0.15, 0.2) is 9.84 Å². The minimum Gasteiger partial charge on any atom is -0.395 e. The lowest BCUT2D eigenvalue weighted by Crippen LogP contribution is -2.51. The molecule has 2 amide bonds. The van der Waals surface area contributed by atoms with Crippen molar-refractivity contribution >= 4 is 33.3 Å². The number of halogens is 1. The van der Waals surface area contributed by atoms with E-state index in [1.165, 1.54) is 27.8 Å². The van der Waals surface area contributed by atoms with E-state index in [1.807, 2.05) is 0 Å². The van der Waals surface area contributed by atoms with Crippen LogP contribution in [-0.2, 0) is 22.9 Å². The maximum atomic E-state index is 13.2. The van der Waals surface area contributed by atoms with Crippen molar-refractivity contribution in [1.29, 1.82) is 0 Å². The highest BCUT2D eigenvalue weighted by molar-refractivity contribution is 7.94. The number of hydrogen-bond donors (Lipinski definition) is 2. The molecule has 3 heterocycles. The average molecular weight is 521 g/mol. The standard InChI is InChI=1S/C23H25ClN4O6S/c24-18-4-1-15(11-25-18)12-26-19(30)16-2-3-17-21(32)27(9-10-28(17)20(16)31)13-22(5-6-22)35(33,34)23(14-29)7-8-23/h1-4,11,29H,5-10,12-14H2,(H,26,30). The van der Waals surface area contributed by atoms with E-state index < -0.39 is 43.3 Å². The first kappa shape index (κ1) is 24.0. The Kier molecular flexibility index (Phi) is 5.77. The zero-order valence-electron chi connectivity index (χ0n) is 18.9. The van der Waals surface area contributed by atoms with Crippen LogP contribution < -0.4 is 10.9 Å². The minimum atomic E-state index is -3.60. The van der Waals surface area contributed by atoms with Gasteiger partial charge in [0.25, 0.3) is 17.4 Å². The van der Waals surface area contributed by atoms with Crippen molar-refractivity contribution in [3.63, 3.8) is 0 Å². The van der Waals surface area contributed by atoms with Gasteiger partial charge in [0.2, 0.25) is 0 Å². The summed E-state index contributed by atoms with van der Waals surface area (Å²) in [4.78, 5) is 44.2. The van der Waals surface area contributed by atoms with Crippen LogP contribution in [0.1, 0.15) is 52.1 Å². The predicted molar refractivity (Wildman–Crippen MR) is 127 cm³/mol. The molecule has 0 unspecified atom stereocenters. The SMILES string of the molecule is O=C(NCc1ccc(Cl)nc1)c1ccc2n(c1=O)CCN(CC1(S(=O)(=O)C3(CO)CC3)CC1)C2=O. The maximum Gasteiger partial charge on any atom is 0.270 e. The Balaban J connectivity index is 1.31. The quantitative estimate of drug-likeness (QED) is 0.490. The van der Waals surface area contributed by atoms with Gasteiger partial charge in [-0.2, -0.15) is 0 Å². The number of fused-ring (bicyclic) bond motifs is 1. The van der Waals surface area contributed by atoms with Crippen molar-refractivity contribution in [3.8, 4) is 0 Å². The normalized spacial score (nSPS) is 19.7. The molecule has 10 nitrogen and oxygen atoms in total. The Labute approximate surface area is 206 Å². The fraction of sp³-hybridized carbons (Fsp3) is 0.478. The zero-order chi connectivity index (χ0) is 25.0. The third-order valence-electron chi connectivity index (χ3n) is 7.28. The molecule has 12 heteroatoms. The van der Waals surface area contributed by atoms with Crippen LogP contribution in [0.15, 0.2) is 35.3 Å². The summed E-state index contributed by atoms with van der Waals surface area (Å²) in [5.41, 5.74) is 0.172. The number of amides is 2. The molecule has 2 aromatic rings. The second-order valence-electron chi connectivity index (χ2n) is 9.52. The first-order valence-corrected chi connectivity index (χ1v) is 13.3. The van der Waals surface area contributed by atoms with Gasteiger partial charge in [-0.25, -0.2) is 13.4 Å². The van der Waals surface area contributed by atoms with E-state index in [2.05, 4.69) is 10.3 Å². The number of hydrogen-bond acceptors (Lipinski definition) is 7. The zero-order valence-corrected chi connectivity index (χ0v) is 20.4. The number of rotatable bonds is 8. The number of aromatic nitrogens is 2. The summed E-state index contributed by atoms with van der Waals surface area (Å²) >= 11 is 5.76. The number of pyridine rings is 2. The van der Waals surface area contributed by atoms with Gasteiger partial charge in [-0.05, 0) is 49.4 Å². The lowest BCUT2D eigenvalue weighted by molar-refractivity contribution is 0.0694. The van der Waals surface area contributed by atoms with Crippen molar-refractivity contribution in [3.05, 3.63) is 62.8 Å². The Hall–Kier alpha value is -2.76. The molecule has 3 aliphatic rings. The summed E-state index contributed by atoms with van der Waals surface area (Å²) < 4.78 is 25.6. The first-order chi connectivity index (χ1) is 16.6. The molecule has 0 atom stereocenters. The molecular weight excluding hydrogens is 496 g/mol. The smallest absolute Gasteiger partial charge is 0.270 e. The van der Waals surface area contributed by atoms with Gasteiger partial charge in [0, 0.05) is 32.4 Å². The van der Waals surface area contributed by atoms with Gasteiger partial charge in [0.05, 0.1) is 16.1 Å². The molecule has 2 fully saturated rings. The molecule has 186 valence electrons. The highest BCUT2D eigenvalue weighted by Gasteiger charge is 2.67. The molecule has 2 aromatic heterocycles. The topological polar surface area (TPSA) is 139 Å². The summed E-state index contributed by atoms with van der Waals surface area (Å²) in [7, 11) is -3.60. The van der Waals surface area contributed by atoms with Crippen LogP contribution in [0.4, 0.5) is 0 Å². The largest absolute Gasteiger partial charge is 0.395 e. The molecule has 0 radical (unpaired) electrons. The van der Waals surface area contributed by atoms with E-state index in [4.69, 9.17) is 11.6 Å². The van der Waals surface area contributed by atoms with Crippen molar-refractivity contribution in [2.75, 3.05) is 19.7 Å². The molecule has 1 aliphatic heterocycles. The molecule has 5 rings (SSSR count). The lowest BCUT2D eigenvalue weighted by atomic mass is 10.1. The summed E-state index contributed by atoms with van der Waals surface area (Å²) in [6, 6.07) is 6.05. The van der Waals surface area contributed by atoms with E-state index in [0.29, 0.717) is 36.4 Å². The van der Waals surface area contributed by atoms with Crippen molar-refractivity contribution in [2.45, 2.75) is 48.3 Å². The summed E-state index contributed by atoms with van der Waals surface area (Å²) in [6.45, 7) is 0.118. The highest BCUT2D eigenvalue weighted by Crippen LogP contribution is 2.56. The van der Waals surface area contributed by atoms with Crippen molar-refractivity contribution in [2.24, 2.45) is 0 Å². The number of sulfone groups is 1. The van der Waals surface area contributed by atoms with E-state index in [0.717, 1.165) is 0 Å². The van der Waals surface area contributed by atoms with Crippen LogP contribution in [0.3, 0.4) is 0 Å². The van der Waals surface area contributed by atoms with Gasteiger partial charge >= 0.3 is 0 Å². The van der Waals surface area contributed by atoms with Gasteiger partial charge in [-0.15, -0.1) is 0 Å². The maximum absolute atomic E-state index is 13.2. The predicted octanol–water partition coefficient (Wildman–Crippen LogP) is 0.755. The fourth-order valence-electron chi connectivity index (χ4n) is 4.69. The Morgan fingerprint density at radius 2 is 1.80 bits per heavy atom. The number of aliphatic hydroxyl groups is 1. The second-order valence-corrected chi connectivity index (χ2v) is 12.6. The van der Waals surface area contributed by atoms with Crippen LogP contribution in [-0.4, -0.2) is 69.0 Å². The van der Waals surface area contributed by atoms with E-state index in [9.17, 15) is 27.9 Å². The Morgan fingerprint density at radius 3 is 2.40 bits per heavy atom. The monoisotopic (exact) mass is 520 g/mol. The molecule has 2 aliphatic carbocycles.